The summed E-state index contributed by atoms with van der Waals surface area (Å²) in [4.78, 5) is 23.4. The van der Waals surface area contributed by atoms with Gasteiger partial charge in [-0.1, -0.05) is 0 Å². The lowest BCUT2D eigenvalue weighted by Crippen LogP contribution is -2.31. The molecule has 0 fully saturated rings. The van der Waals surface area contributed by atoms with E-state index in [4.69, 9.17) is 37.3 Å². The minimum absolute atomic E-state index is 0.0224. The second-order valence-electron chi connectivity index (χ2n) is 6.32. The van der Waals surface area contributed by atoms with Crippen molar-refractivity contribution in [2.45, 2.75) is 0 Å². The van der Waals surface area contributed by atoms with Crippen LogP contribution in [0.25, 0.3) is 0 Å². The molecule has 0 saturated heterocycles. The van der Waals surface area contributed by atoms with E-state index < -0.39 is 6.16 Å². The Morgan fingerprint density at radius 3 is 2.34 bits per heavy atom. The van der Waals surface area contributed by atoms with Gasteiger partial charge in [0.1, 0.15) is 12.4 Å². The molecule has 0 heterocycles. The van der Waals surface area contributed by atoms with Crippen LogP contribution in [0.4, 0.5) is 16.2 Å². The standard InChI is InChI=1S/C21H26N4O6S/c22-16-3-5-17(6-4-16)25-20(32)24-10-12-29-13-14-30-21(28)31-18-7-1-15(2-8-18)19(27)23-9-11-26/h1-8,26H,9-14,22H2,(H,23,27)(H2,24,25,32). The van der Waals surface area contributed by atoms with Gasteiger partial charge >= 0.3 is 6.16 Å². The molecular weight excluding hydrogens is 436 g/mol. The zero-order valence-electron chi connectivity index (χ0n) is 17.3. The molecule has 10 nitrogen and oxygen atoms in total. The van der Waals surface area contributed by atoms with Crippen molar-refractivity contribution in [1.29, 1.82) is 0 Å². The normalized spacial score (nSPS) is 10.2. The van der Waals surface area contributed by atoms with Gasteiger partial charge in [0.2, 0.25) is 0 Å². The van der Waals surface area contributed by atoms with Gasteiger partial charge in [0, 0.05) is 30.0 Å². The van der Waals surface area contributed by atoms with Gasteiger partial charge in [-0.25, -0.2) is 4.79 Å². The van der Waals surface area contributed by atoms with E-state index in [1.807, 2.05) is 12.1 Å². The molecule has 1 amide bonds. The quantitative estimate of drug-likeness (QED) is 0.110. The van der Waals surface area contributed by atoms with Gasteiger partial charge in [-0.15, -0.1) is 0 Å². The molecule has 2 rings (SSSR count). The summed E-state index contributed by atoms with van der Waals surface area (Å²) in [6, 6.07) is 13.1. The molecule has 11 heteroatoms. The van der Waals surface area contributed by atoms with E-state index in [1.54, 1.807) is 12.1 Å². The van der Waals surface area contributed by atoms with Crippen LogP contribution in [0.1, 0.15) is 10.4 Å². The van der Waals surface area contributed by atoms with E-state index in [0.29, 0.717) is 29.5 Å². The number of amides is 1. The summed E-state index contributed by atoms with van der Waals surface area (Å²) < 4.78 is 15.3. The van der Waals surface area contributed by atoms with E-state index in [2.05, 4.69) is 16.0 Å². The number of nitrogen functional groups attached to an aromatic ring is 1. The fourth-order valence-electron chi connectivity index (χ4n) is 2.34. The van der Waals surface area contributed by atoms with Crippen molar-refractivity contribution in [1.82, 2.24) is 10.6 Å². The topological polar surface area (TPSA) is 144 Å². The number of carbonyl (C=O) groups excluding carboxylic acids is 2. The lowest BCUT2D eigenvalue weighted by atomic mass is 10.2. The van der Waals surface area contributed by atoms with Gasteiger partial charge in [-0.2, -0.15) is 0 Å². The molecule has 0 unspecified atom stereocenters. The molecule has 0 aliphatic carbocycles. The van der Waals surface area contributed by atoms with Gasteiger partial charge in [-0.05, 0) is 60.7 Å². The second kappa shape index (κ2) is 13.8. The van der Waals surface area contributed by atoms with Crippen molar-refractivity contribution in [2.75, 3.05) is 50.6 Å². The van der Waals surface area contributed by atoms with Crippen LogP contribution in [0.5, 0.6) is 5.75 Å². The number of anilines is 2. The van der Waals surface area contributed by atoms with Crippen LogP contribution in [0.2, 0.25) is 0 Å². The smallest absolute Gasteiger partial charge is 0.432 e. The maximum atomic E-state index is 11.7. The van der Waals surface area contributed by atoms with Crippen molar-refractivity contribution < 1.29 is 28.9 Å². The van der Waals surface area contributed by atoms with Crippen LogP contribution in [0.3, 0.4) is 0 Å². The predicted molar refractivity (Wildman–Crippen MR) is 124 cm³/mol. The third-order valence-electron chi connectivity index (χ3n) is 3.86. The number of thiocarbonyl (C=S) groups is 1. The zero-order valence-corrected chi connectivity index (χ0v) is 18.2. The first-order valence-electron chi connectivity index (χ1n) is 9.80. The Morgan fingerprint density at radius 2 is 1.66 bits per heavy atom. The van der Waals surface area contributed by atoms with Crippen LogP contribution < -0.4 is 26.4 Å². The molecule has 0 radical (unpaired) electrons. The molecule has 172 valence electrons. The lowest BCUT2D eigenvalue weighted by Gasteiger charge is -2.11. The predicted octanol–water partition coefficient (Wildman–Crippen LogP) is 1.51. The van der Waals surface area contributed by atoms with Crippen LogP contribution in [0, 0.1) is 0 Å². The number of aliphatic hydroxyl groups is 1. The first kappa shape index (κ1) is 24.9. The molecule has 6 N–H and O–H groups in total. The minimum Gasteiger partial charge on any atom is -0.432 e. The third-order valence-corrected chi connectivity index (χ3v) is 4.11. The van der Waals surface area contributed by atoms with E-state index in [1.165, 1.54) is 24.3 Å². The SMILES string of the molecule is Nc1ccc(NC(=S)NCCOCCOC(=O)Oc2ccc(C(=O)NCCO)cc2)cc1. The van der Waals surface area contributed by atoms with E-state index in [-0.39, 0.29) is 38.0 Å². The van der Waals surface area contributed by atoms with Gasteiger partial charge in [-0.3, -0.25) is 4.79 Å². The third kappa shape index (κ3) is 9.60. The highest BCUT2D eigenvalue weighted by Crippen LogP contribution is 2.13. The molecule has 2 aromatic rings. The largest absolute Gasteiger partial charge is 0.513 e. The number of nitrogens with one attached hydrogen (secondary N) is 3. The molecule has 0 spiro atoms. The summed E-state index contributed by atoms with van der Waals surface area (Å²) in [5.41, 5.74) is 7.50. The molecular formula is C21H26N4O6S. The molecule has 0 aromatic heterocycles. The molecule has 0 saturated carbocycles. The summed E-state index contributed by atoms with van der Waals surface area (Å²) in [6.07, 6.45) is -0.877. The average Bonchev–Trinajstić information content (AvgIpc) is 2.79. The van der Waals surface area contributed by atoms with Crippen molar-refractivity contribution in [2.24, 2.45) is 0 Å². The summed E-state index contributed by atoms with van der Waals surface area (Å²) in [6.45, 7) is 1.07. The molecule has 0 aliphatic rings. The second-order valence-corrected chi connectivity index (χ2v) is 6.73. The fourth-order valence-corrected chi connectivity index (χ4v) is 2.56. The van der Waals surface area contributed by atoms with Crippen LogP contribution in [0.15, 0.2) is 48.5 Å². The van der Waals surface area contributed by atoms with Crippen LogP contribution in [-0.4, -0.2) is 61.8 Å². The number of carbonyl (C=O) groups is 2. The highest BCUT2D eigenvalue weighted by molar-refractivity contribution is 7.80. The Balaban J connectivity index is 1.53. The van der Waals surface area contributed by atoms with E-state index in [9.17, 15) is 9.59 Å². The molecule has 32 heavy (non-hydrogen) atoms. The maximum Gasteiger partial charge on any atom is 0.513 e. The van der Waals surface area contributed by atoms with Crippen molar-refractivity contribution >= 4 is 40.8 Å². The van der Waals surface area contributed by atoms with Gasteiger partial charge < -0.3 is 41.0 Å². The van der Waals surface area contributed by atoms with Gasteiger partial charge in [0.25, 0.3) is 5.91 Å². The zero-order chi connectivity index (χ0) is 23.2. The van der Waals surface area contributed by atoms with E-state index in [0.717, 1.165) is 5.69 Å². The lowest BCUT2D eigenvalue weighted by molar-refractivity contribution is 0.0537. The number of rotatable bonds is 11. The Labute approximate surface area is 191 Å². The fraction of sp³-hybridized carbons (Fsp3) is 0.286. The van der Waals surface area contributed by atoms with Gasteiger partial charge in [0.05, 0.1) is 19.8 Å². The molecule has 0 bridgehead atoms. The summed E-state index contributed by atoms with van der Waals surface area (Å²) in [5.74, 6) is -0.0949. The highest BCUT2D eigenvalue weighted by atomic mass is 32.1. The first-order valence-corrected chi connectivity index (χ1v) is 10.2. The van der Waals surface area contributed by atoms with Crippen molar-refractivity contribution in [3.05, 3.63) is 54.1 Å². The summed E-state index contributed by atoms with van der Waals surface area (Å²) in [7, 11) is 0. The number of hydrogen-bond donors (Lipinski definition) is 5. The highest BCUT2D eigenvalue weighted by Gasteiger charge is 2.08. The van der Waals surface area contributed by atoms with Crippen molar-refractivity contribution in [3.63, 3.8) is 0 Å². The first-order chi connectivity index (χ1) is 15.5. The molecule has 0 aliphatic heterocycles. The number of ether oxygens (including phenoxy) is 3. The number of aliphatic hydroxyl groups excluding tert-OH is 1. The average molecular weight is 463 g/mol. The number of hydrogen-bond acceptors (Lipinski definition) is 8. The number of nitrogens with two attached hydrogens (primary N) is 1. The minimum atomic E-state index is -0.877. The van der Waals surface area contributed by atoms with Crippen molar-refractivity contribution in [3.8, 4) is 5.75 Å². The Bertz CT molecular complexity index is 877. The Morgan fingerprint density at radius 1 is 0.938 bits per heavy atom. The van der Waals surface area contributed by atoms with E-state index >= 15 is 0 Å². The van der Waals surface area contributed by atoms with Crippen LogP contribution in [-0.2, 0) is 9.47 Å². The van der Waals surface area contributed by atoms with Crippen LogP contribution >= 0.6 is 12.2 Å². The molecule has 2 aromatic carbocycles. The monoisotopic (exact) mass is 462 g/mol. The number of benzene rings is 2. The summed E-state index contributed by atoms with van der Waals surface area (Å²) >= 11 is 5.18. The Hall–Kier alpha value is -3.41. The van der Waals surface area contributed by atoms with Gasteiger partial charge in [0.15, 0.2) is 5.11 Å². The Kier molecular flexibility index (Phi) is 10.7. The maximum absolute atomic E-state index is 11.7. The molecule has 0 atom stereocenters. The summed E-state index contributed by atoms with van der Waals surface area (Å²) in [5, 5.41) is 17.7.